The Morgan fingerprint density at radius 1 is 1.22 bits per heavy atom. The van der Waals surface area contributed by atoms with Crippen LogP contribution in [0.4, 0.5) is 0 Å². The van der Waals surface area contributed by atoms with E-state index < -0.39 is 5.41 Å². The van der Waals surface area contributed by atoms with Crippen LogP contribution in [0, 0.1) is 11.3 Å². The zero-order valence-electron chi connectivity index (χ0n) is 23.9. The molecule has 5 rings (SSSR count). The molecule has 2 aliphatic rings. The number of aromatic nitrogens is 4. The third-order valence-electron chi connectivity index (χ3n) is 8.19. The molecule has 2 heterocycles. The molecule has 0 bridgehead atoms. The Labute approximate surface area is 239 Å². The summed E-state index contributed by atoms with van der Waals surface area (Å²) in [7, 11) is 5.04. The maximum atomic E-state index is 12.9. The number of fused-ring (bicyclic) bond motifs is 3. The van der Waals surface area contributed by atoms with Gasteiger partial charge in [-0.05, 0) is 72.7 Å². The number of tetrazole rings is 1. The van der Waals surface area contributed by atoms with Crippen molar-refractivity contribution in [1.29, 1.82) is 5.26 Å². The molecular weight excluding hydrogens is 518 g/mol. The molecule has 1 aromatic heterocycles. The Kier molecular flexibility index (Phi) is 7.60. The van der Waals surface area contributed by atoms with Crippen molar-refractivity contribution in [3.05, 3.63) is 76.8 Å². The van der Waals surface area contributed by atoms with Gasteiger partial charge in [-0.1, -0.05) is 23.9 Å². The number of amides is 2. The van der Waals surface area contributed by atoms with E-state index in [4.69, 9.17) is 0 Å². The summed E-state index contributed by atoms with van der Waals surface area (Å²) in [6.07, 6.45) is 2.41. The second-order valence-corrected chi connectivity index (χ2v) is 11.0. The van der Waals surface area contributed by atoms with Gasteiger partial charge in [0.05, 0.1) is 11.5 Å². The smallest absolute Gasteiger partial charge is 0.253 e. The maximum Gasteiger partial charge on any atom is 0.253 e. The number of nitrogens with one attached hydrogen (secondary N) is 3. The number of benzene rings is 2. The molecule has 3 atom stereocenters. The first-order valence-corrected chi connectivity index (χ1v) is 13.8. The molecule has 0 radical (unpaired) electrons. The molecular formula is C30H35N9O2. The molecule has 41 heavy (non-hydrogen) atoms. The van der Waals surface area contributed by atoms with Crippen molar-refractivity contribution in [3.63, 3.8) is 0 Å². The predicted octanol–water partition coefficient (Wildman–Crippen LogP) is 2.45. The quantitative estimate of drug-likeness (QED) is 0.367. The molecule has 2 aromatic carbocycles. The van der Waals surface area contributed by atoms with E-state index in [0.717, 1.165) is 47.3 Å². The van der Waals surface area contributed by atoms with Crippen molar-refractivity contribution < 1.29 is 9.59 Å². The number of likely N-dealkylation sites (tertiary alicyclic amines) is 1. The van der Waals surface area contributed by atoms with Crippen LogP contribution in [0.15, 0.2) is 48.7 Å². The lowest BCUT2D eigenvalue weighted by molar-refractivity contribution is 0.0827. The molecule has 3 aromatic rings. The highest BCUT2D eigenvalue weighted by molar-refractivity contribution is 5.99. The summed E-state index contributed by atoms with van der Waals surface area (Å²) in [6, 6.07) is 13.5. The fourth-order valence-corrected chi connectivity index (χ4v) is 6.20. The van der Waals surface area contributed by atoms with Crippen molar-refractivity contribution in [3.8, 4) is 17.2 Å². The normalized spacial score (nSPS) is 19.7. The lowest BCUT2D eigenvalue weighted by Crippen LogP contribution is -2.41. The summed E-state index contributed by atoms with van der Waals surface area (Å²) < 4.78 is 0. The zero-order chi connectivity index (χ0) is 29.3. The van der Waals surface area contributed by atoms with Gasteiger partial charge in [0.15, 0.2) is 5.82 Å². The number of rotatable bonds is 9. The Hall–Kier alpha value is -4.56. The largest absolute Gasteiger partial charge is 0.358 e. The SMILES string of the molecule is C=C(CN[C@@H](C)CC1(c2nn[nH]n2)c2ccc(C(=O)NC)cc2-c2cc(C(=O)N(C)C)ccc21)N1CCCC1C#N. The highest BCUT2D eigenvalue weighted by atomic mass is 16.2. The first-order valence-electron chi connectivity index (χ1n) is 13.8. The minimum atomic E-state index is -0.796. The molecule has 2 amide bonds. The predicted molar refractivity (Wildman–Crippen MR) is 154 cm³/mol. The van der Waals surface area contributed by atoms with Gasteiger partial charge >= 0.3 is 0 Å². The van der Waals surface area contributed by atoms with Crippen LogP contribution >= 0.6 is 0 Å². The monoisotopic (exact) mass is 553 g/mol. The van der Waals surface area contributed by atoms with E-state index in [1.165, 1.54) is 0 Å². The average Bonchev–Trinajstić information content (AvgIpc) is 3.74. The molecule has 1 saturated heterocycles. The van der Waals surface area contributed by atoms with Crippen molar-refractivity contribution >= 4 is 11.8 Å². The van der Waals surface area contributed by atoms with Crippen LogP contribution < -0.4 is 10.6 Å². The van der Waals surface area contributed by atoms with Gasteiger partial charge in [0, 0.05) is 57.1 Å². The fraction of sp³-hybridized carbons (Fsp3) is 0.400. The molecule has 3 N–H and O–H groups in total. The Bertz CT molecular complexity index is 1530. The molecule has 1 fully saturated rings. The second kappa shape index (κ2) is 11.1. The van der Waals surface area contributed by atoms with Crippen LogP contribution in [0.25, 0.3) is 11.1 Å². The topological polar surface area (TPSA) is 143 Å². The number of H-pyrrole nitrogens is 1. The standard InChI is InChI=1S/C30H35N9O2/c1-18(33-17-19(2)39-12-6-7-22(39)16-31)15-30(29-34-36-37-35-29)25-10-8-20(27(40)32-3)13-23(25)24-14-21(9-11-26(24)30)28(41)38(4)5/h8-11,13-14,18,22,33H,2,6-7,12,15,17H2,1,3-5H3,(H,32,40)(H,34,35,36,37)/t18-,22?,30?/m0/s1. The van der Waals surface area contributed by atoms with Gasteiger partial charge in [-0.2, -0.15) is 10.5 Å². The summed E-state index contributed by atoms with van der Waals surface area (Å²) in [5, 5.41) is 31.3. The average molecular weight is 554 g/mol. The third-order valence-corrected chi connectivity index (χ3v) is 8.19. The molecule has 0 spiro atoms. The molecule has 11 heteroatoms. The molecule has 1 aliphatic carbocycles. The summed E-state index contributed by atoms with van der Waals surface area (Å²) in [5.41, 5.74) is 4.75. The van der Waals surface area contributed by atoms with Gasteiger partial charge in [0.25, 0.3) is 11.8 Å². The lowest BCUT2D eigenvalue weighted by Gasteiger charge is -2.33. The second-order valence-electron chi connectivity index (χ2n) is 11.0. The van der Waals surface area contributed by atoms with E-state index in [0.29, 0.717) is 29.9 Å². The molecule has 1 aliphatic heterocycles. The van der Waals surface area contributed by atoms with E-state index >= 15 is 0 Å². The highest BCUT2D eigenvalue weighted by Gasteiger charge is 2.49. The van der Waals surface area contributed by atoms with Gasteiger partial charge in [0.2, 0.25) is 0 Å². The van der Waals surface area contributed by atoms with Crippen LogP contribution in [0.5, 0.6) is 0 Å². The fourth-order valence-electron chi connectivity index (χ4n) is 6.20. The van der Waals surface area contributed by atoms with Crippen LogP contribution in [0.1, 0.15) is 63.9 Å². The molecule has 0 saturated carbocycles. The first kappa shape index (κ1) is 28.0. The molecule has 11 nitrogen and oxygen atoms in total. The van der Waals surface area contributed by atoms with Gasteiger partial charge in [-0.3, -0.25) is 9.59 Å². The van der Waals surface area contributed by atoms with Crippen molar-refractivity contribution in [2.45, 2.75) is 43.7 Å². The minimum absolute atomic E-state index is 0.0334. The molecule has 212 valence electrons. The van der Waals surface area contributed by atoms with E-state index in [1.54, 1.807) is 32.1 Å². The Balaban J connectivity index is 1.57. The summed E-state index contributed by atoms with van der Waals surface area (Å²) in [4.78, 5) is 29.2. The Morgan fingerprint density at radius 3 is 2.51 bits per heavy atom. The Morgan fingerprint density at radius 2 is 1.90 bits per heavy atom. The third kappa shape index (κ3) is 4.85. The van der Waals surface area contributed by atoms with Crippen molar-refractivity contribution in [1.82, 2.24) is 41.1 Å². The summed E-state index contributed by atoms with van der Waals surface area (Å²) >= 11 is 0. The number of nitriles is 1. The van der Waals surface area contributed by atoms with Crippen molar-refractivity contribution in [2.24, 2.45) is 0 Å². The van der Waals surface area contributed by atoms with E-state index in [-0.39, 0.29) is 23.9 Å². The van der Waals surface area contributed by atoms with E-state index in [9.17, 15) is 14.9 Å². The summed E-state index contributed by atoms with van der Waals surface area (Å²) in [5.74, 6) is 0.200. The lowest BCUT2D eigenvalue weighted by atomic mass is 9.72. The number of nitrogens with zero attached hydrogens (tertiary/aromatic N) is 6. The van der Waals surface area contributed by atoms with Gasteiger partial charge < -0.3 is 20.4 Å². The van der Waals surface area contributed by atoms with Crippen LogP contribution in [-0.2, 0) is 5.41 Å². The number of carbonyl (C=O) groups is 2. The number of aromatic amines is 1. The number of hydrogen-bond donors (Lipinski definition) is 3. The summed E-state index contributed by atoms with van der Waals surface area (Å²) in [6.45, 7) is 7.72. The van der Waals surface area contributed by atoms with Gasteiger partial charge in [-0.15, -0.1) is 10.2 Å². The number of carbonyl (C=O) groups excluding carboxylic acids is 2. The van der Waals surface area contributed by atoms with Gasteiger partial charge in [-0.25, -0.2) is 0 Å². The van der Waals surface area contributed by atoms with E-state index in [2.05, 4.69) is 55.7 Å². The highest BCUT2D eigenvalue weighted by Crippen LogP contribution is 2.54. The zero-order valence-corrected chi connectivity index (χ0v) is 23.9. The maximum absolute atomic E-state index is 12.9. The van der Waals surface area contributed by atoms with Crippen molar-refractivity contribution in [2.75, 3.05) is 34.2 Å². The van der Waals surface area contributed by atoms with Crippen LogP contribution in [0.2, 0.25) is 0 Å². The van der Waals surface area contributed by atoms with E-state index in [1.807, 2.05) is 30.3 Å². The minimum Gasteiger partial charge on any atom is -0.358 e. The first-order chi connectivity index (χ1) is 19.7. The van der Waals surface area contributed by atoms with Crippen LogP contribution in [0.3, 0.4) is 0 Å². The number of hydrogen-bond acceptors (Lipinski definition) is 8. The van der Waals surface area contributed by atoms with Crippen LogP contribution in [-0.4, -0.2) is 88.6 Å². The van der Waals surface area contributed by atoms with Gasteiger partial charge in [0.1, 0.15) is 6.04 Å². The molecule has 2 unspecified atom stereocenters.